The number of methoxy groups -OCH3 is 1. The van der Waals surface area contributed by atoms with E-state index in [1.165, 1.54) is 0 Å². The Morgan fingerprint density at radius 1 is 1.42 bits per heavy atom. The highest BCUT2D eigenvalue weighted by molar-refractivity contribution is 9.10. The summed E-state index contributed by atoms with van der Waals surface area (Å²) in [6.45, 7) is 6.36. The number of piperazine rings is 1. The molecule has 24 heavy (non-hydrogen) atoms. The van der Waals surface area contributed by atoms with Gasteiger partial charge in [0.2, 0.25) is 0 Å². The summed E-state index contributed by atoms with van der Waals surface area (Å²) in [5, 5.41) is 6.59. The highest BCUT2D eigenvalue weighted by atomic mass is 79.9. The number of halogens is 3. The van der Waals surface area contributed by atoms with E-state index in [1.807, 2.05) is 12.1 Å². The molecule has 3 rings (SSSR count). The number of nitrogens with zero attached hydrogens (tertiary/aromatic N) is 2. The molecule has 1 fully saturated rings. The van der Waals surface area contributed by atoms with E-state index >= 15 is 0 Å². The fourth-order valence-corrected chi connectivity index (χ4v) is 3.87. The van der Waals surface area contributed by atoms with Crippen molar-refractivity contribution < 1.29 is 4.74 Å². The van der Waals surface area contributed by atoms with Crippen LogP contribution in [-0.4, -0.2) is 42.7 Å². The number of benzene rings is 1. The smallest absolute Gasteiger partial charge is 0.129 e. The van der Waals surface area contributed by atoms with Gasteiger partial charge in [-0.3, -0.25) is 4.90 Å². The maximum atomic E-state index is 5.46. The number of ether oxygens (including phenoxy) is 1. The number of thiazole rings is 1. The quantitative estimate of drug-likeness (QED) is 0.750. The summed E-state index contributed by atoms with van der Waals surface area (Å²) in [4.78, 5) is 7.29. The number of hydrogen-bond acceptors (Lipinski definition) is 5. The van der Waals surface area contributed by atoms with Crippen LogP contribution < -0.4 is 10.1 Å². The van der Waals surface area contributed by atoms with Crippen LogP contribution in [0.1, 0.15) is 12.6 Å². The second-order valence-electron chi connectivity index (χ2n) is 5.51. The third kappa shape index (κ3) is 5.07. The van der Waals surface area contributed by atoms with Crippen molar-refractivity contribution >= 4 is 52.1 Å². The second-order valence-corrected chi connectivity index (χ2v) is 7.29. The molecule has 134 valence electrons. The zero-order chi connectivity index (χ0) is 15.5. The van der Waals surface area contributed by atoms with Crippen LogP contribution in [0, 0.1) is 0 Å². The first-order valence-corrected chi connectivity index (χ1v) is 9.07. The lowest BCUT2D eigenvalue weighted by Crippen LogP contribution is -2.49. The van der Waals surface area contributed by atoms with Crippen molar-refractivity contribution in [1.82, 2.24) is 15.2 Å². The SMILES string of the molecule is COc1ccc(Br)cc1-c1nc(CN2CCNC[C@H]2C)cs1.Cl.Cl. The molecule has 8 heteroatoms. The van der Waals surface area contributed by atoms with Crippen molar-refractivity contribution in [2.75, 3.05) is 26.7 Å². The summed E-state index contributed by atoms with van der Waals surface area (Å²) in [5.41, 5.74) is 2.18. The Balaban J connectivity index is 0.00000144. The molecule has 0 spiro atoms. The van der Waals surface area contributed by atoms with Gasteiger partial charge in [0.15, 0.2) is 0 Å². The summed E-state index contributed by atoms with van der Waals surface area (Å²) >= 11 is 5.20. The minimum atomic E-state index is 0. The fourth-order valence-electron chi connectivity index (χ4n) is 2.68. The van der Waals surface area contributed by atoms with Crippen LogP contribution in [0.4, 0.5) is 0 Å². The van der Waals surface area contributed by atoms with Gasteiger partial charge in [0.25, 0.3) is 0 Å². The molecule has 0 aliphatic carbocycles. The predicted molar refractivity (Wildman–Crippen MR) is 109 cm³/mol. The second kappa shape index (κ2) is 9.94. The summed E-state index contributed by atoms with van der Waals surface area (Å²) in [6, 6.07) is 6.58. The zero-order valence-electron chi connectivity index (χ0n) is 13.6. The lowest BCUT2D eigenvalue weighted by molar-refractivity contribution is 0.164. The van der Waals surface area contributed by atoms with E-state index in [4.69, 9.17) is 9.72 Å². The van der Waals surface area contributed by atoms with E-state index in [-0.39, 0.29) is 24.8 Å². The largest absolute Gasteiger partial charge is 0.496 e. The third-order valence-corrected chi connectivity index (χ3v) is 5.37. The van der Waals surface area contributed by atoms with Gasteiger partial charge in [-0.1, -0.05) is 15.9 Å². The van der Waals surface area contributed by atoms with Gasteiger partial charge in [0.1, 0.15) is 10.8 Å². The van der Waals surface area contributed by atoms with Crippen molar-refractivity contribution in [2.24, 2.45) is 0 Å². The predicted octanol–water partition coefficient (Wildman–Crippen LogP) is 4.22. The minimum absolute atomic E-state index is 0. The molecule has 0 amide bonds. The molecular weight excluding hydrogens is 433 g/mol. The molecular formula is C16H22BrCl2N3OS. The van der Waals surface area contributed by atoms with Gasteiger partial charge < -0.3 is 10.1 Å². The lowest BCUT2D eigenvalue weighted by atomic mass is 10.2. The molecule has 1 aromatic carbocycles. The van der Waals surface area contributed by atoms with Crippen LogP contribution in [0.15, 0.2) is 28.1 Å². The minimum Gasteiger partial charge on any atom is -0.496 e. The molecule has 4 nitrogen and oxygen atoms in total. The molecule has 0 saturated carbocycles. The average molecular weight is 455 g/mol. The summed E-state index contributed by atoms with van der Waals surface area (Å²) in [6.07, 6.45) is 0. The first kappa shape index (κ1) is 21.7. The zero-order valence-corrected chi connectivity index (χ0v) is 17.7. The molecule has 1 saturated heterocycles. The third-order valence-electron chi connectivity index (χ3n) is 3.95. The Hall–Kier alpha value is -0.370. The van der Waals surface area contributed by atoms with E-state index in [1.54, 1.807) is 18.4 Å². The Morgan fingerprint density at radius 3 is 2.92 bits per heavy atom. The average Bonchev–Trinajstić information content (AvgIpc) is 2.98. The maximum absolute atomic E-state index is 5.46. The van der Waals surface area contributed by atoms with Crippen LogP contribution in [0.3, 0.4) is 0 Å². The van der Waals surface area contributed by atoms with Crippen LogP contribution >= 0.6 is 52.1 Å². The molecule has 1 N–H and O–H groups in total. The molecule has 2 aromatic rings. The maximum Gasteiger partial charge on any atom is 0.129 e. The van der Waals surface area contributed by atoms with Crippen LogP contribution in [0.25, 0.3) is 10.6 Å². The van der Waals surface area contributed by atoms with Gasteiger partial charge in [-0.25, -0.2) is 4.98 Å². The van der Waals surface area contributed by atoms with Gasteiger partial charge in [-0.2, -0.15) is 0 Å². The van der Waals surface area contributed by atoms with Crippen molar-refractivity contribution in [3.63, 3.8) is 0 Å². The van der Waals surface area contributed by atoms with E-state index in [0.717, 1.165) is 52.7 Å². The van der Waals surface area contributed by atoms with Gasteiger partial charge in [-0.05, 0) is 25.1 Å². The Kier molecular flexibility index (Phi) is 8.98. The first-order valence-electron chi connectivity index (χ1n) is 7.40. The molecule has 1 atom stereocenters. The molecule has 1 aromatic heterocycles. The Labute approximate surface area is 167 Å². The molecule has 0 unspecified atom stereocenters. The van der Waals surface area contributed by atoms with Crippen LogP contribution in [0.2, 0.25) is 0 Å². The van der Waals surface area contributed by atoms with E-state index in [2.05, 4.69) is 44.5 Å². The molecule has 0 radical (unpaired) electrons. The summed E-state index contributed by atoms with van der Waals surface area (Å²) in [7, 11) is 1.70. The topological polar surface area (TPSA) is 37.4 Å². The van der Waals surface area contributed by atoms with Crippen molar-refractivity contribution in [1.29, 1.82) is 0 Å². The van der Waals surface area contributed by atoms with Gasteiger partial charge >= 0.3 is 0 Å². The molecule has 1 aliphatic heterocycles. The monoisotopic (exact) mass is 453 g/mol. The first-order chi connectivity index (χ1) is 10.7. The number of hydrogen-bond donors (Lipinski definition) is 1. The Morgan fingerprint density at radius 2 is 2.21 bits per heavy atom. The standard InChI is InChI=1S/C16H20BrN3OS.2ClH/c1-11-8-18-5-6-20(11)9-13-10-22-16(19-13)14-7-12(17)3-4-15(14)21-2;;/h3-4,7,10-11,18H,5-6,8-9H2,1-2H3;2*1H/t11-;;/m1../s1. The highest BCUT2D eigenvalue weighted by Gasteiger charge is 2.19. The van der Waals surface area contributed by atoms with Crippen molar-refractivity contribution in [3.8, 4) is 16.3 Å². The van der Waals surface area contributed by atoms with E-state index in [9.17, 15) is 0 Å². The number of aromatic nitrogens is 1. The normalized spacial score (nSPS) is 17.7. The van der Waals surface area contributed by atoms with Gasteiger partial charge in [-0.15, -0.1) is 36.2 Å². The highest BCUT2D eigenvalue weighted by Crippen LogP contribution is 2.34. The molecule has 1 aliphatic rings. The number of rotatable bonds is 4. The summed E-state index contributed by atoms with van der Waals surface area (Å²) < 4.78 is 6.50. The van der Waals surface area contributed by atoms with Crippen LogP contribution in [0.5, 0.6) is 5.75 Å². The van der Waals surface area contributed by atoms with Gasteiger partial charge in [0.05, 0.1) is 18.4 Å². The van der Waals surface area contributed by atoms with E-state index < -0.39 is 0 Å². The molecule has 2 heterocycles. The lowest BCUT2D eigenvalue weighted by Gasteiger charge is -2.33. The summed E-state index contributed by atoms with van der Waals surface area (Å²) in [5.74, 6) is 0.861. The van der Waals surface area contributed by atoms with Crippen molar-refractivity contribution in [3.05, 3.63) is 33.7 Å². The number of nitrogens with one attached hydrogen (secondary N) is 1. The fraction of sp³-hybridized carbons (Fsp3) is 0.438. The van der Waals surface area contributed by atoms with Crippen molar-refractivity contribution in [2.45, 2.75) is 19.5 Å². The van der Waals surface area contributed by atoms with Gasteiger partial charge in [0, 0.05) is 42.1 Å². The Bertz CT molecular complexity index is 656. The van der Waals surface area contributed by atoms with Crippen LogP contribution in [-0.2, 0) is 6.54 Å². The molecule has 0 bridgehead atoms. The van der Waals surface area contributed by atoms with E-state index in [0.29, 0.717) is 6.04 Å².